The van der Waals surface area contributed by atoms with Crippen LogP contribution in [0.1, 0.15) is 19.3 Å². The highest BCUT2D eigenvalue weighted by Crippen LogP contribution is 2.47. The lowest BCUT2D eigenvalue weighted by Gasteiger charge is -2.36. The molecule has 0 aromatic carbocycles. The lowest BCUT2D eigenvalue weighted by atomic mass is 9.85. The van der Waals surface area contributed by atoms with E-state index < -0.39 is 24.1 Å². The molecular weight excluding hydrogens is 207 g/mol. The average molecular weight is 216 g/mol. The van der Waals surface area contributed by atoms with E-state index in [0.29, 0.717) is 12.5 Å². The SMILES string of the molecule is O[C@]1(C(F)(F)C(F)(F)F)C=CCCC1. The van der Waals surface area contributed by atoms with E-state index >= 15 is 0 Å². The molecule has 0 aromatic rings. The van der Waals surface area contributed by atoms with Crippen molar-refractivity contribution in [3.05, 3.63) is 12.2 Å². The Hall–Kier alpha value is -0.650. The first kappa shape index (κ1) is 11.4. The van der Waals surface area contributed by atoms with Crippen molar-refractivity contribution in [3.63, 3.8) is 0 Å². The third-order valence-electron chi connectivity index (χ3n) is 2.22. The Morgan fingerprint density at radius 3 is 2.07 bits per heavy atom. The summed E-state index contributed by atoms with van der Waals surface area (Å²) >= 11 is 0. The Morgan fingerprint density at radius 1 is 1.14 bits per heavy atom. The molecule has 0 fully saturated rings. The van der Waals surface area contributed by atoms with Gasteiger partial charge in [0.1, 0.15) is 0 Å². The number of hydrogen-bond acceptors (Lipinski definition) is 1. The second-order valence-corrected chi connectivity index (χ2v) is 3.29. The summed E-state index contributed by atoms with van der Waals surface area (Å²) in [6.45, 7) is 0. The maximum Gasteiger partial charge on any atom is 0.456 e. The van der Waals surface area contributed by atoms with Crippen LogP contribution in [0.25, 0.3) is 0 Å². The molecule has 1 nitrogen and oxygen atoms in total. The monoisotopic (exact) mass is 216 g/mol. The predicted octanol–water partition coefficient (Wildman–Crippen LogP) is 2.66. The van der Waals surface area contributed by atoms with Crippen LogP contribution in [0.15, 0.2) is 12.2 Å². The zero-order valence-electron chi connectivity index (χ0n) is 7.11. The summed E-state index contributed by atoms with van der Waals surface area (Å²) in [5.41, 5.74) is -3.08. The second kappa shape index (κ2) is 3.18. The van der Waals surface area contributed by atoms with Crippen LogP contribution in [0.2, 0.25) is 0 Å². The van der Waals surface area contributed by atoms with E-state index in [1.807, 2.05) is 0 Å². The molecule has 0 amide bonds. The van der Waals surface area contributed by atoms with E-state index in [0.717, 1.165) is 6.08 Å². The molecule has 1 aliphatic rings. The molecule has 0 saturated carbocycles. The summed E-state index contributed by atoms with van der Waals surface area (Å²) in [7, 11) is 0. The number of halogens is 5. The van der Waals surface area contributed by atoms with Gasteiger partial charge in [0, 0.05) is 0 Å². The molecule has 0 aromatic heterocycles. The van der Waals surface area contributed by atoms with E-state index in [9.17, 15) is 27.1 Å². The van der Waals surface area contributed by atoms with Crippen molar-refractivity contribution in [2.24, 2.45) is 0 Å². The zero-order chi connectivity index (χ0) is 11.0. The van der Waals surface area contributed by atoms with Crippen LogP contribution < -0.4 is 0 Å². The molecule has 6 heteroatoms. The quantitative estimate of drug-likeness (QED) is 0.527. The Bertz CT molecular complexity index is 245. The van der Waals surface area contributed by atoms with E-state index in [1.165, 1.54) is 0 Å². The highest BCUT2D eigenvalue weighted by Gasteiger charge is 2.68. The Kier molecular flexibility index (Phi) is 2.60. The third kappa shape index (κ3) is 1.63. The first-order chi connectivity index (χ1) is 6.21. The molecule has 0 spiro atoms. The normalized spacial score (nSPS) is 29.3. The van der Waals surface area contributed by atoms with Crippen LogP contribution in [0, 0.1) is 0 Å². The number of rotatable bonds is 1. The largest absolute Gasteiger partial charge is 0.456 e. The second-order valence-electron chi connectivity index (χ2n) is 3.29. The van der Waals surface area contributed by atoms with Crippen LogP contribution in [0.4, 0.5) is 22.0 Å². The Balaban J connectivity index is 3.01. The predicted molar refractivity (Wildman–Crippen MR) is 38.9 cm³/mol. The fourth-order valence-electron chi connectivity index (χ4n) is 1.36. The molecule has 0 aliphatic heterocycles. The third-order valence-corrected chi connectivity index (χ3v) is 2.22. The van der Waals surface area contributed by atoms with Crippen LogP contribution in [-0.4, -0.2) is 22.8 Å². The minimum Gasteiger partial charge on any atom is -0.379 e. The lowest BCUT2D eigenvalue weighted by molar-refractivity contribution is -0.332. The molecule has 0 radical (unpaired) electrons. The van der Waals surface area contributed by atoms with Gasteiger partial charge in [-0.1, -0.05) is 12.2 Å². The van der Waals surface area contributed by atoms with Crippen molar-refractivity contribution in [3.8, 4) is 0 Å². The highest BCUT2D eigenvalue weighted by atomic mass is 19.4. The van der Waals surface area contributed by atoms with Gasteiger partial charge in [-0.3, -0.25) is 0 Å². The van der Waals surface area contributed by atoms with Crippen LogP contribution in [0.5, 0.6) is 0 Å². The molecular formula is C8H9F5O. The summed E-state index contributed by atoms with van der Waals surface area (Å²) < 4.78 is 61.3. The molecule has 1 N–H and O–H groups in total. The number of aliphatic hydroxyl groups is 1. The standard InChI is InChI=1S/C8H9F5O/c9-7(10,8(11,12)13)6(14)4-2-1-3-5-6/h2,4,14H,1,3,5H2/t6-/m1/s1. The molecule has 1 atom stereocenters. The summed E-state index contributed by atoms with van der Waals surface area (Å²) in [6.07, 6.45) is -4.07. The van der Waals surface area contributed by atoms with Crippen molar-refractivity contribution in [1.29, 1.82) is 0 Å². The van der Waals surface area contributed by atoms with Gasteiger partial charge in [-0.05, 0) is 19.3 Å². The molecule has 0 unspecified atom stereocenters. The maximum atomic E-state index is 12.8. The minimum atomic E-state index is -5.72. The van der Waals surface area contributed by atoms with Crippen molar-refractivity contribution >= 4 is 0 Å². The number of hydrogen-bond donors (Lipinski definition) is 1. The molecule has 14 heavy (non-hydrogen) atoms. The maximum absolute atomic E-state index is 12.8. The van der Waals surface area contributed by atoms with Gasteiger partial charge in [0.2, 0.25) is 0 Å². The van der Waals surface area contributed by atoms with Crippen molar-refractivity contribution in [1.82, 2.24) is 0 Å². The number of alkyl halides is 5. The Morgan fingerprint density at radius 2 is 1.71 bits per heavy atom. The summed E-state index contributed by atoms with van der Waals surface area (Å²) in [6, 6.07) is 0. The molecule has 1 rings (SSSR count). The summed E-state index contributed by atoms with van der Waals surface area (Å²) in [4.78, 5) is 0. The van der Waals surface area contributed by atoms with Crippen LogP contribution in [-0.2, 0) is 0 Å². The van der Waals surface area contributed by atoms with Crippen molar-refractivity contribution in [2.75, 3.05) is 0 Å². The highest BCUT2D eigenvalue weighted by molar-refractivity contribution is 5.13. The van der Waals surface area contributed by atoms with E-state index in [1.54, 1.807) is 0 Å². The van der Waals surface area contributed by atoms with Gasteiger partial charge < -0.3 is 5.11 Å². The zero-order valence-corrected chi connectivity index (χ0v) is 7.11. The average Bonchev–Trinajstić information content (AvgIpc) is 2.03. The van der Waals surface area contributed by atoms with Crippen LogP contribution >= 0.6 is 0 Å². The molecule has 0 heterocycles. The van der Waals surface area contributed by atoms with E-state index in [4.69, 9.17) is 0 Å². The molecule has 1 aliphatic carbocycles. The van der Waals surface area contributed by atoms with Gasteiger partial charge in [-0.15, -0.1) is 0 Å². The number of allylic oxidation sites excluding steroid dienone is 1. The molecule has 0 saturated heterocycles. The van der Waals surface area contributed by atoms with Crippen molar-refractivity contribution in [2.45, 2.75) is 37.0 Å². The molecule has 0 bridgehead atoms. The van der Waals surface area contributed by atoms with Gasteiger partial charge >= 0.3 is 12.1 Å². The first-order valence-corrected chi connectivity index (χ1v) is 4.05. The Labute approximate surface area is 77.2 Å². The van der Waals surface area contributed by atoms with Gasteiger partial charge in [-0.2, -0.15) is 22.0 Å². The fourth-order valence-corrected chi connectivity index (χ4v) is 1.36. The minimum absolute atomic E-state index is 0.124. The topological polar surface area (TPSA) is 20.2 Å². The fraction of sp³-hybridized carbons (Fsp3) is 0.750. The first-order valence-electron chi connectivity index (χ1n) is 4.05. The van der Waals surface area contributed by atoms with Crippen molar-refractivity contribution < 1.29 is 27.1 Å². The van der Waals surface area contributed by atoms with Gasteiger partial charge in [-0.25, -0.2) is 0 Å². The summed E-state index contributed by atoms with van der Waals surface area (Å²) in [5, 5.41) is 9.18. The van der Waals surface area contributed by atoms with Gasteiger partial charge in [0.25, 0.3) is 0 Å². The van der Waals surface area contributed by atoms with Crippen LogP contribution in [0.3, 0.4) is 0 Å². The smallest absolute Gasteiger partial charge is 0.379 e. The van der Waals surface area contributed by atoms with Gasteiger partial charge in [0.15, 0.2) is 5.60 Å². The summed E-state index contributed by atoms with van der Waals surface area (Å²) in [5.74, 6) is -5.09. The van der Waals surface area contributed by atoms with E-state index in [-0.39, 0.29) is 6.42 Å². The van der Waals surface area contributed by atoms with Gasteiger partial charge in [0.05, 0.1) is 0 Å². The van der Waals surface area contributed by atoms with E-state index in [2.05, 4.69) is 0 Å². The molecule has 82 valence electrons. The lowest BCUT2D eigenvalue weighted by Crippen LogP contribution is -2.56.